The van der Waals surface area contributed by atoms with Gasteiger partial charge in [-0.15, -0.1) is 0 Å². The fraction of sp³-hybridized carbons (Fsp3) is 0.391. The highest BCUT2D eigenvalue weighted by atomic mass is 79.9. The van der Waals surface area contributed by atoms with Crippen molar-refractivity contribution in [2.75, 3.05) is 6.61 Å². The minimum absolute atomic E-state index is 0.0390. The number of nitrogens with one attached hydrogen (secondary N) is 1. The number of nitrogens with zero attached hydrogens (tertiary/aromatic N) is 1. The standard InChI is InChI=1S/C23H28BrClN2O3/c1-5-16(3)26-23(29)17(4)27(13-18-8-6-7-15(2)11-18)22(28)14-30-21-10-9-19(25)12-20(21)24/h6-12,16-17H,5,13-14H2,1-4H3,(H,26,29)/t16-,17+/m1/s1. The number of hydrogen-bond acceptors (Lipinski definition) is 3. The van der Waals surface area contributed by atoms with Gasteiger partial charge in [0.15, 0.2) is 6.61 Å². The van der Waals surface area contributed by atoms with Crippen LogP contribution in [0.2, 0.25) is 5.02 Å². The second-order valence-electron chi connectivity index (χ2n) is 7.37. The molecule has 0 spiro atoms. The van der Waals surface area contributed by atoms with Crippen molar-refractivity contribution in [2.45, 2.75) is 52.7 Å². The van der Waals surface area contributed by atoms with Crippen molar-refractivity contribution in [3.8, 4) is 5.75 Å². The summed E-state index contributed by atoms with van der Waals surface area (Å²) in [5, 5.41) is 3.52. The summed E-state index contributed by atoms with van der Waals surface area (Å²) < 4.78 is 6.36. The van der Waals surface area contributed by atoms with Crippen LogP contribution in [0.25, 0.3) is 0 Å². The molecule has 1 N–H and O–H groups in total. The van der Waals surface area contributed by atoms with Crippen molar-refractivity contribution >= 4 is 39.3 Å². The summed E-state index contributed by atoms with van der Waals surface area (Å²) in [6, 6.07) is 12.4. The molecule has 5 nitrogen and oxygen atoms in total. The molecule has 0 saturated heterocycles. The smallest absolute Gasteiger partial charge is 0.261 e. The minimum atomic E-state index is -0.635. The maximum absolute atomic E-state index is 13.1. The van der Waals surface area contributed by atoms with E-state index in [9.17, 15) is 9.59 Å². The molecule has 0 aliphatic heterocycles. The molecule has 2 amide bonds. The molecule has 0 aliphatic carbocycles. The zero-order valence-corrected chi connectivity index (χ0v) is 20.1. The first-order chi connectivity index (χ1) is 14.2. The molecule has 0 fully saturated rings. The molecule has 0 radical (unpaired) electrons. The Hall–Kier alpha value is -2.05. The third-order valence-corrected chi connectivity index (χ3v) is 5.70. The average molecular weight is 496 g/mol. The van der Waals surface area contributed by atoms with Gasteiger partial charge in [0, 0.05) is 17.6 Å². The van der Waals surface area contributed by atoms with E-state index in [0.29, 0.717) is 21.8 Å². The molecule has 2 aromatic carbocycles. The maximum Gasteiger partial charge on any atom is 0.261 e. The maximum atomic E-state index is 13.1. The van der Waals surface area contributed by atoms with Crippen molar-refractivity contribution in [2.24, 2.45) is 0 Å². The number of rotatable bonds is 9. The lowest BCUT2D eigenvalue weighted by molar-refractivity contribution is -0.142. The Kier molecular flexibility index (Phi) is 9.18. The van der Waals surface area contributed by atoms with E-state index < -0.39 is 6.04 Å². The van der Waals surface area contributed by atoms with Crippen LogP contribution in [0.3, 0.4) is 0 Å². The molecule has 162 valence electrons. The van der Waals surface area contributed by atoms with Crippen molar-refractivity contribution in [1.82, 2.24) is 10.2 Å². The summed E-state index contributed by atoms with van der Waals surface area (Å²) in [6.07, 6.45) is 0.817. The summed E-state index contributed by atoms with van der Waals surface area (Å²) in [4.78, 5) is 27.3. The topological polar surface area (TPSA) is 58.6 Å². The lowest BCUT2D eigenvalue weighted by Crippen LogP contribution is -2.50. The zero-order chi connectivity index (χ0) is 22.3. The Morgan fingerprint density at radius 2 is 1.93 bits per heavy atom. The van der Waals surface area contributed by atoms with E-state index >= 15 is 0 Å². The zero-order valence-electron chi connectivity index (χ0n) is 17.7. The normalized spacial score (nSPS) is 12.7. The van der Waals surface area contributed by atoms with Crippen LogP contribution < -0.4 is 10.1 Å². The fourth-order valence-electron chi connectivity index (χ4n) is 2.87. The van der Waals surface area contributed by atoms with Gasteiger partial charge in [-0.05, 0) is 66.9 Å². The van der Waals surface area contributed by atoms with E-state index in [0.717, 1.165) is 17.5 Å². The number of amides is 2. The van der Waals surface area contributed by atoms with Gasteiger partial charge in [-0.3, -0.25) is 9.59 Å². The van der Waals surface area contributed by atoms with Gasteiger partial charge in [-0.1, -0.05) is 48.4 Å². The number of hydrogen-bond donors (Lipinski definition) is 1. The van der Waals surface area contributed by atoms with E-state index in [1.165, 1.54) is 0 Å². The van der Waals surface area contributed by atoms with Gasteiger partial charge in [0.25, 0.3) is 5.91 Å². The molecule has 0 aliphatic rings. The van der Waals surface area contributed by atoms with Crippen LogP contribution in [0.15, 0.2) is 46.9 Å². The summed E-state index contributed by atoms with van der Waals surface area (Å²) in [5.74, 6) is 0.0585. The molecule has 0 heterocycles. The van der Waals surface area contributed by atoms with Crippen LogP contribution in [-0.2, 0) is 16.1 Å². The van der Waals surface area contributed by atoms with Gasteiger partial charge >= 0.3 is 0 Å². The lowest BCUT2D eigenvalue weighted by atomic mass is 10.1. The molecule has 7 heteroatoms. The summed E-state index contributed by atoms with van der Waals surface area (Å²) >= 11 is 9.34. The van der Waals surface area contributed by atoms with E-state index in [1.807, 2.05) is 45.0 Å². The van der Waals surface area contributed by atoms with Crippen LogP contribution in [-0.4, -0.2) is 35.4 Å². The summed E-state index contributed by atoms with van der Waals surface area (Å²) in [7, 11) is 0. The highest BCUT2D eigenvalue weighted by molar-refractivity contribution is 9.10. The lowest BCUT2D eigenvalue weighted by Gasteiger charge is -2.29. The largest absolute Gasteiger partial charge is 0.483 e. The van der Waals surface area contributed by atoms with Gasteiger partial charge in [-0.25, -0.2) is 0 Å². The van der Waals surface area contributed by atoms with E-state index in [4.69, 9.17) is 16.3 Å². The third-order valence-electron chi connectivity index (χ3n) is 4.85. The van der Waals surface area contributed by atoms with E-state index in [-0.39, 0.29) is 24.5 Å². The molecule has 2 atom stereocenters. The van der Waals surface area contributed by atoms with Gasteiger partial charge in [-0.2, -0.15) is 0 Å². The van der Waals surface area contributed by atoms with Gasteiger partial charge in [0.1, 0.15) is 11.8 Å². The molecular formula is C23H28BrClN2O3. The first-order valence-corrected chi connectivity index (χ1v) is 11.1. The van der Waals surface area contributed by atoms with Crippen LogP contribution in [0.1, 0.15) is 38.3 Å². The predicted octanol–water partition coefficient (Wildman–Crippen LogP) is 5.12. The number of carbonyl (C=O) groups excluding carboxylic acids is 2. The molecule has 30 heavy (non-hydrogen) atoms. The fourth-order valence-corrected chi connectivity index (χ4v) is 3.67. The van der Waals surface area contributed by atoms with Crippen LogP contribution in [0.4, 0.5) is 0 Å². The summed E-state index contributed by atoms with van der Waals surface area (Å²) in [5.41, 5.74) is 2.05. The average Bonchev–Trinajstić information content (AvgIpc) is 2.70. The Balaban J connectivity index is 2.18. The molecule has 2 rings (SSSR count). The minimum Gasteiger partial charge on any atom is -0.483 e. The monoisotopic (exact) mass is 494 g/mol. The van der Waals surface area contributed by atoms with Gasteiger partial charge in [0.2, 0.25) is 5.91 Å². The molecule has 0 saturated carbocycles. The SMILES string of the molecule is CC[C@@H](C)NC(=O)[C@H](C)N(Cc1cccc(C)c1)C(=O)COc1ccc(Cl)cc1Br. The second-order valence-corrected chi connectivity index (χ2v) is 8.66. The highest BCUT2D eigenvalue weighted by Gasteiger charge is 2.27. The molecule has 0 bridgehead atoms. The van der Waals surface area contributed by atoms with Crippen molar-refractivity contribution in [1.29, 1.82) is 0 Å². The number of aryl methyl sites for hydroxylation is 1. The van der Waals surface area contributed by atoms with Crippen LogP contribution in [0.5, 0.6) is 5.75 Å². The van der Waals surface area contributed by atoms with Crippen LogP contribution >= 0.6 is 27.5 Å². The Morgan fingerprint density at radius 1 is 1.20 bits per heavy atom. The Bertz CT molecular complexity index is 891. The van der Waals surface area contributed by atoms with E-state index in [2.05, 4.69) is 21.2 Å². The number of ether oxygens (including phenoxy) is 1. The molecule has 2 aromatic rings. The highest BCUT2D eigenvalue weighted by Crippen LogP contribution is 2.28. The second kappa shape index (κ2) is 11.4. The summed E-state index contributed by atoms with van der Waals surface area (Å²) in [6.45, 7) is 7.81. The van der Waals surface area contributed by atoms with Crippen molar-refractivity contribution in [3.05, 3.63) is 63.1 Å². The molecular weight excluding hydrogens is 468 g/mol. The Morgan fingerprint density at radius 3 is 2.57 bits per heavy atom. The van der Waals surface area contributed by atoms with Gasteiger partial charge in [0.05, 0.1) is 4.47 Å². The molecule has 0 aromatic heterocycles. The number of carbonyl (C=O) groups is 2. The predicted molar refractivity (Wildman–Crippen MR) is 124 cm³/mol. The quantitative estimate of drug-likeness (QED) is 0.525. The van der Waals surface area contributed by atoms with Crippen molar-refractivity contribution < 1.29 is 14.3 Å². The van der Waals surface area contributed by atoms with Crippen molar-refractivity contribution in [3.63, 3.8) is 0 Å². The number of benzene rings is 2. The Labute approximate surface area is 191 Å². The first-order valence-electron chi connectivity index (χ1n) is 9.94. The third kappa shape index (κ3) is 7.03. The molecule has 0 unspecified atom stereocenters. The first kappa shape index (κ1) is 24.2. The number of halogens is 2. The van der Waals surface area contributed by atoms with Crippen LogP contribution in [0, 0.1) is 6.92 Å². The van der Waals surface area contributed by atoms with Gasteiger partial charge < -0.3 is 15.0 Å². The van der Waals surface area contributed by atoms with E-state index in [1.54, 1.807) is 30.0 Å².